The lowest BCUT2D eigenvalue weighted by Crippen LogP contribution is -2.32. The Balaban J connectivity index is 1.36. The molecule has 0 aliphatic carbocycles. The molecule has 2 saturated heterocycles. The van der Waals surface area contributed by atoms with Crippen LogP contribution in [0.4, 0.5) is 5.82 Å². The average molecular weight is 497 g/mol. The highest BCUT2D eigenvalue weighted by Gasteiger charge is 2.56. The number of aromatic nitrogens is 3. The fourth-order valence-corrected chi connectivity index (χ4v) is 5.10. The third kappa shape index (κ3) is 4.33. The molecule has 3 N–H and O–H groups in total. The van der Waals surface area contributed by atoms with E-state index < -0.39 is 38.0 Å². The molecule has 2 aliphatic heterocycles. The number of ether oxygens (including phenoxy) is 3. The Morgan fingerprint density at radius 2 is 2.00 bits per heavy atom. The molecule has 11 nitrogen and oxygen atoms in total. The molecule has 5 atom stereocenters. The van der Waals surface area contributed by atoms with Crippen LogP contribution in [-0.4, -0.2) is 50.2 Å². The fraction of sp³-hybridized carbons (Fsp3) is 0.400. The minimum atomic E-state index is -4.49. The topological polar surface area (TPSA) is 140 Å². The highest BCUT2D eigenvalue weighted by atomic mass is 35.5. The zero-order valence-electron chi connectivity index (χ0n) is 17.7. The number of phosphoric acid groups is 1. The average Bonchev–Trinajstić information content (AvgIpc) is 3.40. The third-order valence-corrected chi connectivity index (χ3v) is 6.62. The number of rotatable bonds is 6. The van der Waals surface area contributed by atoms with E-state index in [2.05, 4.69) is 10.1 Å². The predicted molar refractivity (Wildman–Crippen MR) is 117 cm³/mol. The summed E-state index contributed by atoms with van der Waals surface area (Å²) in [7, 11) is -4.49. The molecule has 5 rings (SSSR count). The van der Waals surface area contributed by atoms with Gasteiger partial charge >= 0.3 is 7.82 Å². The Morgan fingerprint density at radius 1 is 1.24 bits per heavy atom. The van der Waals surface area contributed by atoms with E-state index in [1.807, 2.05) is 6.07 Å². The Hall–Kier alpha value is -2.24. The summed E-state index contributed by atoms with van der Waals surface area (Å²) in [4.78, 5) is 14.2. The Morgan fingerprint density at radius 3 is 2.79 bits per heavy atom. The molecule has 3 aromatic rings. The number of hydrogen-bond acceptors (Lipinski definition) is 9. The Labute approximate surface area is 193 Å². The number of halogens is 1. The van der Waals surface area contributed by atoms with Gasteiger partial charge in [-0.05, 0) is 38.1 Å². The molecule has 4 heterocycles. The van der Waals surface area contributed by atoms with Crippen LogP contribution in [0.1, 0.15) is 25.6 Å². The van der Waals surface area contributed by atoms with Gasteiger partial charge in [0.15, 0.2) is 11.6 Å². The number of fused-ring (bicyclic) bond motifs is 2. The summed E-state index contributed by atoms with van der Waals surface area (Å²) >= 11 is 6.00. The van der Waals surface area contributed by atoms with Crippen molar-refractivity contribution >= 4 is 30.8 Å². The van der Waals surface area contributed by atoms with E-state index in [1.165, 1.54) is 18.5 Å². The van der Waals surface area contributed by atoms with Crippen LogP contribution in [-0.2, 0) is 23.3 Å². The molecule has 2 aliphatic rings. The number of phosphoric ester groups is 1. The van der Waals surface area contributed by atoms with E-state index in [-0.39, 0.29) is 17.4 Å². The lowest BCUT2D eigenvalue weighted by atomic mass is 10.1. The first-order valence-electron chi connectivity index (χ1n) is 10.1. The summed E-state index contributed by atoms with van der Waals surface area (Å²) in [5.74, 6) is -0.521. The summed E-state index contributed by atoms with van der Waals surface area (Å²) in [6.07, 6.45) is -1.03. The van der Waals surface area contributed by atoms with Gasteiger partial charge in [0.2, 0.25) is 0 Å². The predicted octanol–water partition coefficient (Wildman–Crippen LogP) is 3.12. The zero-order chi connectivity index (χ0) is 23.4. The highest BCUT2D eigenvalue weighted by molar-refractivity contribution is 7.47. The van der Waals surface area contributed by atoms with Crippen molar-refractivity contribution in [2.45, 2.75) is 44.1 Å². The van der Waals surface area contributed by atoms with Crippen molar-refractivity contribution in [3.8, 4) is 5.75 Å². The number of benzene rings is 1. The normalized spacial score (nSPS) is 28.0. The van der Waals surface area contributed by atoms with Gasteiger partial charge in [-0.25, -0.2) is 14.1 Å². The van der Waals surface area contributed by atoms with Gasteiger partial charge in [0, 0.05) is 0 Å². The molecule has 0 radical (unpaired) electrons. The Bertz CT molecular complexity index is 1240. The second kappa shape index (κ2) is 8.21. The van der Waals surface area contributed by atoms with Crippen molar-refractivity contribution < 1.29 is 32.7 Å². The molecular formula is C20H22ClN4O7P. The SMILES string of the molecule is CC1(C)O[C@@H]2[C@H](O1)[C@@H](COP(=O)(O)Oc1ccccc1Cl)O[C@H]2c1ccc2c(N)ncnn12. The van der Waals surface area contributed by atoms with Gasteiger partial charge in [0.25, 0.3) is 0 Å². The molecule has 1 unspecified atom stereocenters. The molecule has 2 aromatic heterocycles. The van der Waals surface area contributed by atoms with Crippen molar-refractivity contribution in [3.05, 3.63) is 53.4 Å². The highest BCUT2D eigenvalue weighted by Crippen LogP contribution is 2.49. The maximum atomic E-state index is 12.5. The maximum absolute atomic E-state index is 12.5. The molecule has 0 spiro atoms. The van der Waals surface area contributed by atoms with E-state index in [0.717, 1.165) is 0 Å². The van der Waals surface area contributed by atoms with Crippen LogP contribution in [0.3, 0.4) is 0 Å². The molecule has 0 bridgehead atoms. The molecule has 0 saturated carbocycles. The van der Waals surface area contributed by atoms with Crippen molar-refractivity contribution in [2.75, 3.05) is 12.3 Å². The molecule has 2 fully saturated rings. The third-order valence-electron chi connectivity index (χ3n) is 5.40. The lowest BCUT2D eigenvalue weighted by molar-refractivity contribution is -0.191. The first kappa shape index (κ1) is 22.5. The van der Waals surface area contributed by atoms with Gasteiger partial charge in [-0.1, -0.05) is 23.7 Å². The van der Waals surface area contributed by atoms with Gasteiger partial charge < -0.3 is 24.5 Å². The minimum Gasteiger partial charge on any atom is -0.403 e. The van der Waals surface area contributed by atoms with Gasteiger partial charge in [0.05, 0.1) is 17.3 Å². The van der Waals surface area contributed by atoms with Gasteiger partial charge in [-0.2, -0.15) is 5.10 Å². The maximum Gasteiger partial charge on any atom is 0.527 e. The fourth-order valence-electron chi connectivity index (χ4n) is 4.08. The summed E-state index contributed by atoms with van der Waals surface area (Å²) < 4.78 is 42.8. The van der Waals surface area contributed by atoms with Crippen molar-refractivity contribution in [2.24, 2.45) is 0 Å². The number of anilines is 1. The van der Waals surface area contributed by atoms with Gasteiger partial charge in [-0.15, -0.1) is 0 Å². The van der Waals surface area contributed by atoms with E-state index in [4.69, 9.17) is 40.6 Å². The number of nitrogens with zero attached hydrogens (tertiary/aromatic N) is 3. The molecular weight excluding hydrogens is 475 g/mol. The largest absolute Gasteiger partial charge is 0.527 e. The van der Waals surface area contributed by atoms with Crippen molar-refractivity contribution in [1.82, 2.24) is 14.6 Å². The second-order valence-electron chi connectivity index (χ2n) is 8.15. The monoisotopic (exact) mass is 496 g/mol. The van der Waals surface area contributed by atoms with Crippen LogP contribution in [0, 0.1) is 0 Å². The molecule has 1 aromatic carbocycles. The lowest BCUT2D eigenvalue weighted by Gasteiger charge is -2.24. The quantitative estimate of drug-likeness (QED) is 0.489. The summed E-state index contributed by atoms with van der Waals surface area (Å²) in [6, 6.07) is 9.91. The van der Waals surface area contributed by atoms with Crippen molar-refractivity contribution in [3.63, 3.8) is 0 Å². The molecule has 13 heteroatoms. The number of nitrogen functional groups attached to an aromatic ring is 1. The molecule has 33 heavy (non-hydrogen) atoms. The van der Waals surface area contributed by atoms with E-state index in [0.29, 0.717) is 17.0 Å². The van der Waals surface area contributed by atoms with Crippen LogP contribution in [0.15, 0.2) is 42.7 Å². The van der Waals surface area contributed by atoms with Gasteiger partial charge in [-0.3, -0.25) is 9.42 Å². The molecule has 0 amide bonds. The standard InChI is InChI=1S/C20H22ClN4O7P/c1-20(2)30-17-15(9-28-33(26,27)32-14-6-4-3-5-11(14)21)29-16(18(17)31-20)12-7-8-13-19(22)23-10-24-25(12)13/h3-8,10,15-18H,9H2,1-2H3,(H,26,27)(H2,22,23,24)/t15-,16+,17-,18+/m1/s1. The molecule has 176 valence electrons. The van der Waals surface area contributed by atoms with Crippen molar-refractivity contribution in [1.29, 1.82) is 0 Å². The van der Waals surface area contributed by atoms with E-state index in [1.54, 1.807) is 36.6 Å². The number of para-hydroxylation sites is 1. The number of hydrogen-bond donors (Lipinski definition) is 2. The van der Waals surface area contributed by atoms with Crippen LogP contribution >= 0.6 is 19.4 Å². The van der Waals surface area contributed by atoms with Crippen LogP contribution in [0.5, 0.6) is 5.75 Å². The van der Waals surface area contributed by atoms with Crippen LogP contribution < -0.4 is 10.3 Å². The van der Waals surface area contributed by atoms with Crippen LogP contribution in [0.25, 0.3) is 5.52 Å². The summed E-state index contributed by atoms with van der Waals surface area (Å²) in [5, 5.41) is 4.45. The second-order valence-corrected chi connectivity index (χ2v) is 9.93. The zero-order valence-corrected chi connectivity index (χ0v) is 19.3. The van der Waals surface area contributed by atoms with E-state index in [9.17, 15) is 9.46 Å². The van der Waals surface area contributed by atoms with E-state index >= 15 is 0 Å². The number of nitrogens with two attached hydrogens (primary N) is 1. The first-order valence-corrected chi connectivity index (χ1v) is 12.0. The minimum absolute atomic E-state index is 0.0339. The smallest absolute Gasteiger partial charge is 0.403 e. The Kier molecular flexibility index (Phi) is 5.61. The summed E-state index contributed by atoms with van der Waals surface area (Å²) in [6.45, 7) is 3.29. The first-order chi connectivity index (χ1) is 15.6. The van der Waals surface area contributed by atoms with Gasteiger partial charge in [0.1, 0.15) is 42.0 Å². The van der Waals surface area contributed by atoms with Crippen LogP contribution in [0.2, 0.25) is 5.02 Å². The summed E-state index contributed by atoms with van der Waals surface area (Å²) in [5.41, 5.74) is 7.25.